The number of methoxy groups -OCH3 is 2. The molecule has 0 bridgehead atoms. The molecule has 26 heavy (non-hydrogen) atoms. The van der Waals surface area contributed by atoms with Crippen LogP contribution in [0.15, 0.2) is 29.2 Å². The van der Waals surface area contributed by atoms with Crippen molar-refractivity contribution in [1.29, 1.82) is 0 Å². The zero-order valence-electron chi connectivity index (χ0n) is 14.2. The van der Waals surface area contributed by atoms with Gasteiger partial charge in [-0.2, -0.15) is 0 Å². The number of ether oxygens (including phenoxy) is 2. The van der Waals surface area contributed by atoms with Crippen molar-refractivity contribution in [3.05, 3.63) is 24.3 Å². The summed E-state index contributed by atoms with van der Waals surface area (Å²) in [6.07, 6.45) is 0. The van der Waals surface area contributed by atoms with Crippen LogP contribution >= 0.6 is 0 Å². The minimum atomic E-state index is -4.04. The molecule has 2 amide bonds. The van der Waals surface area contributed by atoms with E-state index in [0.29, 0.717) is 4.46 Å². The number of aromatic nitrogens is 3. The molecule has 0 aliphatic rings. The Balaban J connectivity index is 2.19. The first kappa shape index (κ1) is 19.9. The summed E-state index contributed by atoms with van der Waals surface area (Å²) in [4.78, 5) is 23.5. The van der Waals surface area contributed by atoms with E-state index in [2.05, 4.69) is 20.3 Å². The molecule has 0 spiro atoms. The third-order valence-corrected chi connectivity index (χ3v) is 6.54. The van der Waals surface area contributed by atoms with Crippen LogP contribution in [0.1, 0.15) is 6.92 Å². The zero-order valence-corrected chi connectivity index (χ0v) is 16.7. The maximum atomic E-state index is 12.5. The van der Waals surface area contributed by atoms with E-state index in [1.807, 2.05) is 11.6 Å². The molecule has 1 aromatic carbocycles. The molecule has 0 unspecified atom stereocenters. The van der Waals surface area contributed by atoms with E-state index < -0.39 is 16.1 Å². The molecule has 0 atom stereocenters. The summed E-state index contributed by atoms with van der Waals surface area (Å²) in [6, 6.07) is 5.35. The van der Waals surface area contributed by atoms with Gasteiger partial charge in [0.1, 0.15) is 0 Å². The summed E-state index contributed by atoms with van der Waals surface area (Å²) in [5.74, 6) is -0.215. The van der Waals surface area contributed by atoms with Crippen molar-refractivity contribution >= 4 is 41.4 Å². The molecule has 2 N–H and O–H groups in total. The number of sulfonamides is 1. The molecule has 0 radical (unpaired) electrons. The number of amides is 2. The van der Waals surface area contributed by atoms with E-state index in [-0.39, 0.29) is 37.8 Å². The summed E-state index contributed by atoms with van der Waals surface area (Å²) in [5.41, 5.74) is 0. The van der Waals surface area contributed by atoms with Crippen molar-refractivity contribution < 1.29 is 22.7 Å². The van der Waals surface area contributed by atoms with Gasteiger partial charge in [0.2, 0.25) is 0 Å². The van der Waals surface area contributed by atoms with Gasteiger partial charge in [-0.1, -0.05) is 0 Å². The van der Waals surface area contributed by atoms with E-state index in [1.54, 1.807) is 18.2 Å². The average molecular weight is 446 g/mol. The Morgan fingerprint density at radius 3 is 2.31 bits per heavy atom. The molecule has 1 aromatic heterocycles. The van der Waals surface area contributed by atoms with Gasteiger partial charge >= 0.3 is 157 Å². The van der Waals surface area contributed by atoms with Gasteiger partial charge in [-0.05, 0) is 0 Å². The molecule has 1 heterocycles. The van der Waals surface area contributed by atoms with Crippen LogP contribution in [0.25, 0.3) is 0 Å². The van der Waals surface area contributed by atoms with Gasteiger partial charge in [0.25, 0.3) is 0 Å². The first-order valence-electron chi connectivity index (χ1n) is 7.29. The topological polar surface area (TPSA) is 132 Å². The van der Waals surface area contributed by atoms with E-state index in [0.717, 1.165) is 5.32 Å². The summed E-state index contributed by atoms with van der Waals surface area (Å²) in [5, 5.41) is 3.05. The van der Waals surface area contributed by atoms with Crippen LogP contribution in [0.2, 0.25) is 5.32 Å². The monoisotopic (exact) mass is 447 g/mol. The normalized spacial score (nSPS) is 10.9. The number of hydrogen-bond donors (Lipinski definition) is 2. The van der Waals surface area contributed by atoms with E-state index in [1.165, 1.54) is 20.3 Å². The number of nitrogens with zero attached hydrogens (tertiary/aromatic N) is 3. The number of nitrogens with one attached hydrogen (secondary N) is 2. The van der Waals surface area contributed by atoms with Gasteiger partial charge in [0.05, 0.1) is 0 Å². The molecule has 0 fully saturated rings. The van der Waals surface area contributed by atoms with Gasteiger partial charge in [-0.15, -0.1) is 0 Å². The molecular weight excluding hydrogens is 429 g/mol. The average Bonchev–Trinajstić information content (AvgIpc) is 2.61. The molecule has 12 heteroatoms. The number of carbonyl (C=O) groups excluding carboxylic acids is 1. The first-order chi connectivity index (χ1) is 12.4. The Morgan fingerprint density at radius 1 is 1.12 bits per heavy atom. The van der Waals surface area contributed by atoms with Crippen molar-refractivity contribution in [2.45, 2.75) is 17.1 Å². The molecule has 140 valence electrons. The Hall–Kier alpha value is -2.43. The van der Waals surface area contributed by atoms with Crippen LogP contribution in [0, 0.1) is 0 Å². The predicted molar refractivity (Wildman–Crippen MR) is 94.6 cm³/mol. The van der Waals surface area contributed by atoms with Gasteiger partial charge in [-0.3, -0.25) is 0 Å². The van der Waals surface area contributed by atoms with Crippen LogP contribution in [0.4, 0.5) is 10.7 Å². The molecule has 10 nitrogen and oxygen atoms in total. The zero-order chi connectivity index (χ0) is 19.2. The van der Waals surface area contributed by atoms with Crippen LogP contribution in [0.3, 0.4) is 0 Å². The molecule has 2 aromatic rings. The van der Waals surface area contributed by atoms with Crippen LogP contribution in [-0.2, 0) is 10.0 Å². The molecule has 0 saturated heterocycles. The second kappa shape index (κ2) is 8.79. The Morgan fingerprint density at radius 2 is 1.73 bits per heavy atom. The Bertz CT molecular complexity index is 871. The fourth-order valence-corrected chi connectivity index (χ4v) is 5.28. The van der Waals surface area contributed by atoms with Crippen LogP contribution in [0.5, 0.6) is 12.0 Å². The number of hydrogen-bond acceptors (Lipinski definition) is 8. The van der Waals surface area contributed by atoms with Crippen molar-refractivity contribution in [3.63, 3.8) is 0 Å². The van der Waals surface area contributed by atoms with Crippen molar-refractivity contribution in [3.8, 4) is 12.0 Å². The summed E-state index contributed by atoms with van der Waals surface area (Å²) >= 11 is -0.0171. The van der Waals surface area contributed by atoms with E-state index in [4.69, 9.17) is 9.47 Å². The fraction of sp³-hybridized carbons (Fsp3) is 0.286. The number of benzene rings is 1. The second-order valence-corrected chi connectivity index (χ2v) is 8.96. The minimum absolute atomic E-state index is 0.0171. The predicted octanol–water partition coefficient (Wildman–Crippen LogP) is 0.167. The molecule has 0 aliphatic carbocycles. The standard InChI is InChI=1S/C14H17N5O5SSe/c1-4-26-10-8-6-5-7-9(10)25(21,22)19-12(20)15-11-16-13(23-2)18-14(17-11)24-3/h5-8H,4H2,1-3H3,(H2,15,16,17,18,19,20). The van der Waals surface area contributed by atoms with Gasteiger partial charge < -0.3 is 0 Å². The maximum absolute atomic E-state index is 12.5. The summed E-state index contributed by atoms with van der Waals surface area (Å²) in [6.45, 7) is 1.96. The number of carbonyl (C=O) groups is 1. The van der Waals surface area contributed by atoms with Gasteiger partial charge in [-0.25, -0.2) is 0 Å². The van der Waals surface area contributed by atoms with Gasteiger partial charge in [0.15, 0.2) is 0 Å². The SMILES string of the molecule is CC[Se]c1ccccc1S(=O)(=O)NC(=O)Nc1nc(OC)nc(OC)n1. The molecule has 2 rings (SSSR count). The van der Waals surface area contributed by atoms with Crippen LogP contribution < -0.4 is 24.0 Å². The first-order valence-corrected chi connectivity index (χ1v) is 10.8. The fourth-order valence-electron chi connectivity index (χ4n) is 1.83. The molecule has 0 aliphatic heterocycles. The number of rotatable bonds is 7. The Kier molecular flexibility index (Phi) is 6.72. The van der Waals surface area contributed by atoms with E-state index >= 15 is 0 Å². The van der Waals surface area contributed by atoms with Crippen molar-refractivity contribution in [2.24, 2.45) is 0 Å². The summed E-state index contributed by atoms with van der Waals surface area (Å²) in [7, 11) is -1.39. The molecular formula is C14H17N5O5SSe. The third kappa shape index (κ3) is 5.04. The van der Waals surface area contributed by atoms with Crippen LogP contribution in [-0.4, -0.2) is 58.6 Å². The quantitative estimate of drug-likeness (QED) is 0.575. The second-order valence-electron chi connectivity index (χ2n) is 4.57. The number of urea groups is 1. The van der Waals surface area contributed by atoms with Gasteiger partial charge in [0, 0.05) is 0 Å². The summed E-state index contributed by atoms with van der Waals surface area (Å²) < 4.78 is 37.4. The Labute approximate surface area is 157 Å². The van der Waals surface area contributed by atoms with Crippen molar-refractivity contribution in [2.75, 3.05) is 19.5 Å². The van der Waals surface area contributed by atoms with Crippen molar-refractivity contribution in [1.82, 2.24) is 19.7 Å². The number of anilines is 1. The third-order valence-electron chi connectivity index (χ3n) is 2.85. The van der Waals surface area contributed by atoms with E-state index in [9.17, 15) is 13.2 Å². The molecule has 0 saturated carbocycles.